The molecule has 0 aliphatic rings. The fourth-order valence-corrected chi connectivity index (χ4v) is 2.33. The van der Waals surface area contributed by atoms with Gasteiger partial charge in [0.25, 0.3) is 5.22 Å². The smallest absolute Gasteiger partial charge is 0.256 e. The van der Waals surface area contributed by atoms with Crippen LogP contribution in [0.2, 0.25) is 5.02 Å². The number of hydrogen-bond donors (Lipinski definition) is 2. The average molecular weight is 312 g/mol. The summed E-state index contributed by atoms with van der Waals surface area (Å²) in [6, 6.07) is 4.93. The monoisotopic (exact) mass is 311 g/mol. The number of thioether (sulfide) groups is 1. The largest absolute Gasteiger partial charge is 0.437 e. The third-order valence-corrected chi connectivity index (χ3v) is 3.76. The van der Waals surface area contributed by atoms with Crippen molar-refractivity contribution >= 4 is 40.6 Å². The minimum atomic E-state index is -0.198. The standard InChI is InChI=1S/C13H14ClN3O2S/c1-7-8(2)19-13(16-7)20-6-12(18)17-11-5-9(15)3-4-10(11)14/h3-5H,6,15H2,1-2H3,(H,17,18). The predicted molar refractivity (Wildman–Crippen MR) is 81.2 cm³/mol. The Morgan fingerprint density at radius 2 is 2.25 bits per heavy atom. The highest BCUT2D eigenvalue weighted by atomic mass is 35.5. The first kappa shape index (κ1) is 14.7. The van der Waals surface area contributed by atoms with E-state index in [9.17, 15) is 4.79 Å². The molecule has 2 rings (SSSR count). The van der Waals surface area contributed by atoms with Crippen molar-refractivity contribution in [3.8, 4) is 0 Å². The Morgan fingerprint density at radius 1 is 1.50 bits per heavy atom. The second-order valence-electron chi connectivity index (χ2n) is 4.20. The van der Waals surface area contributed by atoms with Gasteiger partial charge < -0.3 is 15.5 Å². The summed E-state index contributed by atoms with van der Waals surface area (Å²) in [5.41, 5.74) is 7.51. The van der Waals surface area contributed by atoms with Crippen LogP contribution in [0.15, 0.2) is 27.8 Å². The topological polar surface area (TPSA) is 81.2 Å². The van der Waals surface area contributed by atoms with Gasteiger partial charge in [0.2, 0.25) is 5.91 Å². The number of nitrogen functional groups attached to an aromatic ring is 1. The summed E-state index contributed by atoms with van der Waals surface area (Å²) in [5.74, 6) is 0.743. The number of carbonyl (C=O) groups is 1. The van der Waals surface area contributed by atoms with Crippen LogP contribution in [-0.2, 0) is 4.79 Å². The number of benzene rings is 1. The predicted octanol–water partition coefficient (Wildman–Crippen LogP) is 3.26. The van der Waals surface area contributed by atoms with Gasteiger partial charge in [-0.3, -0.25) is 4.79 Å². The van der Waals surface area contributed by atoms with Crippen molar-refractivity contribution in [1.29, 1.82) is 0 Å². The number of halogens is 1. The van der Waals surface area contributed by atoms with Crippen LogP contribution in [-0.4, -0.2) is 16.6 Å². The van der Waals surface area contributed by atoms with E-state index < -0.39 is 0 Å². The second-order valence-corrected chi connectivity index (χ2v) is 5.53. The molecule has 1 aromatic heterocycles. The number of carbonyl (C=O) groups excluding carboxylic acids is 1. The molecular weight excluding hydrogens is 298 g/mol. The summed E-state index contributed by atoms with van der Waals surface area (Å²) >= 11 is 7.20. The Hall–Kier alpha value is -1.66. The van der Waals surface area contributed by atoms with E-state index in [0.29, 0.717) is 21.6 Å². The summed E-state index contributed by atoms with van der Waals surface area (Å²) in [7, 11) is 0. The van der Waals surface area contributed by atoms with Crippen molar-refractivity contribution in [3.05, 3.63) is 34.7 Å². The van der Waals surface area contributed by atoms with Crippen LogP contribution in [0.1, 0.15) is 11.5 Å². The molecule has 0 radical (unpaired) electrons. The Kier molecular flexibility index (Phi) is 4.57. The third-order valence-electron chi connectivity index (χ3n) is 2.60. The molecule has 0 saturated carbocycles. The third kappa shape index (κ3) is 3.68. The van der Waals surface area contributed by atoms with E-state index in [2.05, 4.69) is 10.3 Å². The maximum atomic E-state index is 11.8. The summed E-state index contributed by atoms with van der Waals surface area (Å²) in [6.07, 6.45) is 0. The molecule has 0 aliphatic heterocycles. The van der Waals surface area contributed by atoms with Crippen LogP contribution in [0.25, 0.3) is 0 Å². The van der Waals surface area contributed by atoms with Gasteiger partial charge in [0, 0.05) is 5.69 Å². The number of nitrogens with two attached hydrogens (primary N) is 1. The molecule has 0 saturated heterocycles. The van der Waals surface area contributed by atoms with E-state index in [-0.39, 0.29) is 11.7 Å². The number of oxazole rings is 1. The molecule has 1 aromatic carbocycles. The van der Waals surface area contributed by atoms with Crippen LogP contribution in [0.5, 0.6) is 0 Å². The van der Waals surface area contributed by atoms with Crippen molar-refractivity contribution in [2.75, 3.05) is 16.8 Å². The lowest BCUT2D eigenvalue weighted by Crippen LogP contribution is -2.14. The van der Waals surface area contributed by atoms with Gasteiger partial charge in [0.15, 0.2) is 0 Å². The molecule has 2 aromatic rings. The molecule has 0 unspecified atom stereocenters. The highest BCUT2D eigenvalue weighted by Crippen LogP contribution is 2.25. The van der Waals surface area contributed by atoms with Crippen molar-refractivity contribution in [1.82, 2.24) is 4.98 Å². The molecule has 0 aliphatic carbocycles. The second kappa shape index (κ2) is 6.19. The van der Waals surface area contributed by atoms with E-state index in [1.54, 1.807) is 18.2 Å². The molecule has 7 heteroatoms. The molecule has 0 spiro atoms. The molecule has 5 nitrogen and oxygen atoms in total. The molecule has 1 heterocycles. The number of anilines is 2. The van der Waals surface area contributed by atoms with Gasteiger partial charge in [0.05, 0.1) is 22.2 Å². The van der Waals surface area contributed by atoms with Crippen molar-refractivity contribution in [3.63, 3.8) is 0 Å². The van der Waals surface area contributed by atoms with E-state index in [4.69, 9.17) is 21.8 Å². The lowest BCUT2D eigenvalue weighted by molar-refractivity contribution is -0.113. The van der Waals surface area contributed by atoms with Crippen LogP contribution in [0.3, 0.4) is 0 Å². The fourth-order valence-electron chi connectivity index (χ4n) is 1.46. The molecular formula is C13H14ClN3O2S. The Bertz CT molecular complexity index is 623. The van der Waals surface area contributed by atoms with Crippen LogP contribution in [0.4, 0.5) is 11.4 Å². The van der Waals surface area contributed by atoms with E-state index >= 15 is 0 Å². The summed E-state index contributed by atoms with van der Waals surface area (Å²) in [5, 5.41) is 3.63. The van der Waals surface area contributed by atoms with Gasteiger partial charge in [-0.05, 0) is 32.0 Å². The molecule has 0 bridgehead atoms. The molecule has 1 amide bonds. The van der Waals surface area contributed by atoms with Crippen molar-refractivity contribution < 1.29 is 9.21 Å². The molecule has 3 N–H and O–H groups in total. The zero-order valence-electron chi connectivity index (χ0n) is 11.1. The van der Waals surface area contributed by atoms with Crippen molar-refractivity contribution in [2.24, 2.45) is 0 Å². The SMILES string of the molecule is Cc1nc(SCC(=O)Nc2cc(N)ccc2Cl)oc1C. The zero-order chi connectivity index (χ0) is 14.7. The van der Waals surface area contributed by atoms with Crippen molar-refractivity contribution in [2.45, 2.75) is 19.1 Å². The van der Waals surface area contributed by atoms with Gasteiger partial charge in [-0.2, -0.15) is 0 Å². The van der Waals surface area contributed by atoms with Gasteiger partial charge in [-0.15, -0.1) is 0 Å². The first-order valence-corrected chi connectivity index (χ1v) is 7.24. The number of hydrogen-bond acceptors (Lipinski definition) is 5. The average Bonchev–Trinajstić information content (AvgIpc) is 2.71. The van der Waals surface area contributed by atoms with E-state index in [1.807, 2.05) is 13.8 Å². The Balaban J connectivity index is 1.94. The van der Waals surface area contributed by atoms with Crippen LogP contribution < -0.4 is 11.1 Å². The minimum Gasteiger partial charge on any atom is -0.437 e. The molecule has 0 fully saturated rings. The number of aromatic nitrogens is 1. The fraction of sp³-hybridized carbons (Fsp3) is 0.231. The zero-order valence-corrected chi connectivity index (χ0v) is 12.6. The lowest BCUT2D eigenvalue weighted by atomic mass is 10.3. The highest BCUT2D eigenvalue weighted by Gasteiger charge is 2.11. The van der Waals surface area contributed by atoms with Crippen LogP contribution >= 0.6 is 23.4 Å². The van der Waals surface area contributed by atoms with Gasteiger partial charge in [-0.25, -0.2) is 4.98 Å². The maximum Gasteiger partial charge on any atom is 0.256 e. The lowest BCUT2D eigenvalue weighted by Gasteiger charge is -2.07. The first-order chi connectivity index (χ1) is 9.45. The van der Waals surface area contributed by atoms with Gasteiger partial charge in [0.1, 0.15) is 5.76 Å². The normalized spacial score (nSPS) is 10.6. The number of aryl methyl sites for hydroxylation is 2. The highest BCUT2D eigenvalue weighted by molar-refractivity contribution is 7.99. The number of nitrogens with one attached hydrogen (secondary N) is 1. The first-order valence-electron chi connectivity index (χ1n) is 5.87. The van der Waals surface area contributed by atoms with Gasteiger partial charge in [-0.1, -0.05) is 23.4 Å². The molecule has 20 heavy (non-hydrogen) atoms. The summed E-state index contributed by atoms with van der Waals surface area (Å²) in [6.45, 7) is 3.69. The number of nitrogens with zero attached hydrogens (tertiary/aromatic N) is 1. The molecule has 0 atom stereocenters. The minimum absolute atomic E-state index is 0.185. The van der Waals surface area contributed by atoms with Crippen LogP contribution in [0, 0.1) is 13.8 Å². The van der Waals surface area contributed by atoms with E-state index in [1.165, 1.54) is 11.8 Å². The van der Waals surface area contributed by atoms with Gasteiger partial charge >= 0.3 is 0 Å². The number of amides is 1. The summed E-state index contributed by atoms with van der Waals surface area (Å²) in [4.78, 5) is 16.0. The van der Waals surface area contributed by atoms with E-state index in [0.717, 1.165) is 11.5 Å². The maximum absolute atomic E-state index is 11.8. The Morgan fingerprint density at radius 3 is 2.90 bits per heavy atom. The summed E-state index contributed by atoms with van der Waals surface area (Å²) < 4.78 is 5.38. The Labute approximate surface area is 125 Å². The molecule has 106 valence electrons. The number of rotatable bonds is 4. The quantitative estimate of drug-likeness (QED) is 0.669.